The quantitative estimate of drug-likeness (QED) is 0.651. The first-order valence-electron chi connectivity index (χ1n) is 10.8. The minimum absolute atomic E-state index is 0.00421. The van der Waals surface area contributed by atoms with Gasteiger partial charge in [0.2, 0.25) is 5.91 Å². The fraction of sp³-hybridized carbons (Fsp3) is 0.360. The van der Waals surface area contributed by atoms with Crippen LogP contribution in [0.25, 0.3) is 10.9 Å². The van der Waals surface area contributed by atoms with Gasteiger partial charge >= 0.3 is 0 Å². The first kappa shape index (κ1) is 20.1. The molecule has 0 unspecified atom stereocenters. The summed E-state index contributed by atoms with van der Waals surface area (Å²) in [7, 11) is 0. The van der Waals surface area contributed by atoms with Crippen LogP contribution in [0.15, 0.2) is 48.5 Å². The Bertz CT molecular complexity index is 1200. The van der Waals surface area contributed by atoms with Crippen molar-refractivity contribution >= 4 is 34.3 Å². The Hall–Kier alpha value is -2.79. The fourth-order valence-corrected chi connectivity index (χ4v) is 5.51. The first-order chi connectivity index (χ1) is 14.9. The molecule has 1 saturated heterocycles. The van der Waals surface area contributed by atoms with Crippen molar-refractivity contribution in [2.75, 3.05) is 13.1 Å². The van der Waals surface area contributed by atoms with E-state index >= 15 is 0 Å². The molecule has 2 aliphatic heterocycles. The number of H-pyrrole nitrogens is 1. The Morgan fingerprint density at radius 1 is 1.16 bits per heavy atom. The molecule has 3 aromatic rings. The normalized spacial score (nSPS) is 24.3. The van der Waals surface area contributed by atoms with Crippen molar-refractivity contribution < 1.29 is 9.59 Å². The molecule has 3 atom stereocenters. The number of carbonyl (C=O) groups is 2. The molecule has 6 heteroatoms. The third-order valence-electron chi connectivity index (χ3n) is 7.17. The number of aromatic amines is 1. The van der Waals surface area contributed by atoms with E-state index in [4.69, 9.17) is 11.6 Å². The zero-order valence-corrected chi connectivity index (χ0v) is 18.7. The van der Waals surface area contributed by atoms with Crippen molar-refractivity contribution in [3.05, 3.63) is 70.4 Å². The summed E-state index contributed by atoms with van der Waals surface area (Å²) in [6.45, 7) is 6.48. The molecule has 0 saturated carbocycles. The predicted molar refractivity (Wildman–Crippen MR) is 122 cm³/mol. The zero-order chi connectivity index (χ0) is 21.9. The molecular formula is C25H26ClN3O2. The van der Waals surface area contributed by atoms with E-state index < -0.39 is 5.54 Å². The minimum Gasteiger partial charge on any atom is -0.356 e. The summed E-state index contributed by atoms with van der Waals surface area (Å²) in [6, 6.07) is 15.9. The van der Waals surface area contributed by atoms with Gasteiger partial charge in [0.15, 0.2) is 5.54 Å². The monoisotopic (exact) mass is 435 g/mol. The highest BCUT2D eigenvalue weighted by Gasteiger charge is 2.56. The molecule has 2 aromatic carbocycles. The minimum atomic E-state index is -1.06. The molecule has 5 nitrogen and oxygen atoms in total. The van der Waals surface area contributed by atoms with Crippen LogP contribution in [0, 0.1) is 0 Å². The molecule has 0 spiro atoms. The van der Waals surface area contributed by atoms with Gasteiger partial charge in [-0.2, -0.15) is 0 Å². The van der Waals surface area contributed by atoms with Crippen LogP contribution in [0.5, 0.6) is 0 Å². The van der Waals surface area contributed by atoms with Crippen molar-refractivity contribution in [1.29, 1.82) is 0 Å². The number of nitrogens with zero attached hydrogens (tertiary/aromatic N) is 2. The molecular weight excluding hydrogens is 410 g/mol. The number of benzene rings is 2. The van der Waals surface area contributed by atoms with Gasteiger partial charge in [-0.15, -0.1) is 0 Å². The molecule has 0 bridgehead atoms. The van der Waals surface area contributed by atoms with E-state index in [1.165, 1.54) is 0 Å². The van der Waals surface area contributed by atoms with Crippen LogP contribution in [-0.4, -0.2) is 45.7 Å². The van der Waals surface area contributed by atoms with Crippen LogP contribution in [0.3, 0.4) is 0 Å². The van der Waals surface area contributed by atoms with Crippen LogP contribution in [-0.2, 0) is 15.1 Å². The lowest BCUT2D eigenvalue weighted by Crippen LogP contribution is -2.68. The van der Waals surface area contributed by atoms with E-state index in [0.717, 1.165) is 34.1 Å². The highest BCUT2D eigenvalue weighted by molar-refractivity contribution is 6.31. The lowest BCUT2D eigenvalue weighted by atomic mass is 9.76. The van der Waals surface area contributed by atoms with Crippen LogP contribution in [0.4, 0.5) is 0 Å². The maximum Gasteiger partial charge on any atom is 0.255 e. The highest BCUT2D eigenvalue weighted by atomic mass is 35.5. The smallest absolute Gasteiger partial charge is 0.255 e. The average Bonchev–Trinajstić information content (AvgIpc) is 3.17. The van der Waals surface area contributed by atoms with Crippen LogP contribution in [0.1, 0.15) is 49.9 Å². The second-order valence-corrected chi connectivity index (χ2v) is 9.21. The Kier molecular flexibility index (Phi) is 4.63. The Morgan fingerprint density at radius 3 is 2.61 bits per heavy atom. The molecule has 1 N–H and O–H groups in total. The zero-order valence-electron chi connectivity index (χ0n) is 18.0. The average molecular weight is 436 g/mol. The summed E-state index contributed by atoms with van der Waals surface area (Å²) < 4.78 is 0. The number of hydrogen-bond donors (Lipinski definition) is 1. The third kappa shape index (κ3) is 2.76. The molecule has 0 radical (unpaired) electrons. The molecule has 160 valence electrons. The lowest BCUT2D eigenvalue weighted by Gasteiger charge is -2.52. The highest BCUT2D eigenvalue weighted by Crippen LogP contribution is 2.49. The molecule has 3 heterocycles. The molecule has 31 heavy (non-hydrogen) atoms. The Labute approximate surface area is 187 Å². The van der Waals surface area contributed by atoms with Crippen LogP contribution < -0.4 is 0 Å². The van der Waals surface area contributed by atoms with Gasteiger partial charge in [-0.25, -0.2) is 0 Å². The molecule has 0 aliphatic carbocycles. The van der Waals surface area contributed by atoms with Gasteiger partial charge in [0.1, 0.15) is 6.54 Å². The van der Waals surface area contributed by atoms with Crippen LogP contribution >= 0.6 is 11.6 Å². The Morgan fingerprint density at radius 2 is 1.87 bits per heavy atom. The summed E-state index contributed by atoms with van der Waals surface area (Å²) in [5, 5.41) is 1.74. The number of hydrogen-bond acceptors (Lipinski definition) is 2. The van der Waals surface area contributed by atoms with Crippen molar-refractivity contribution in [2.24, 2.45) is 0 Å². The summed E-state index contributed by atoms with van der Waals surface area (Å²) in [5.41, 5.74) is 2.74. The van der Waals surface area contributed by atoms with Crippen molar-refractivity contribution in [2.45, 2.75) is 44.7 Å². The van der Waals surface area contributed by atoms with Crippen molar-refractivity contribution in [3.63, 3.8) is 0 Å². The van der Waals surface area contributed by atoms with E-state index in [1.54, 1.807) is 9.80 Å². The van der Waals surface area contributed by atoms with E-state index in [1.807, 2.05) is 63.2 Å². The first-order valence-corrected chi connectivity index (χ1v) is 11.2. The molecule has 2 amide bonds. The number of rotatable bonds is 3. The van der Waals surface area contributed by atoms with Gasteiger partial charge in [0, 0.05) is 34.4 Å². The van der Waals surface area contributed by atoms with E-state index in [-0.39, 0.29) is 30.3 Å². The molecule has 1 aromatic heterocycles. The number of nitrogens with one attached hydrogen (secondary N) is 1. The van der Waals surface area contributed by atoms with Gasteiger partial charge in [0.25, 0.3) is 5.91 Å². The molecule has 5 rings (SSSR count). The predicted octanol–water partition coefficient (Wildman–Crippen LogP) is 4.65. The summed E-state index contributed by atoms with van der Waals surface area (Å²) >= 11 is 6.61. The van der Waals surface area contributed by atoms with Gasteiger partial charge in [-0.05, 0) is 43.5 Å². The summed E-state index contributed by atoms with van der Waals surface area (Å²) in [6.07, 6.45) is 0.802. The third-order valence-corrected chi connectivity index (χ3v) is 7.52. The standard InChI is InChI=1S/C25H26ClN3O2/c1-4-15(2)28-14-21(30)29-13-18(16-9-5-7-11-19(16)26)22-17-10-6-8-12-20(17)27-23(22)25(29,3)24(28)31/h5-12,15,18,27H,4,13-14H2,1-3H3/t15-,18-,25-/m0/s1. The number of amides is 2. The number of piperazine rings is 1. The number of carbonyl (C=O) groups excluding carboxylic acids is 2. The summed E-state index contributed by atoms with van der Waals surface area (Å²) in [5.74, 6) is -0.157. The number of para-hydroxylation sites is 1. The largest absolute Gasteiger partial charge is 0.356 e. The lowest BCUT2D eigenvalue weighted by molar-refractivity contribution is -0.168. The van der Waals surface area contributed by atoms with Gasteiger partial charge in [-0.3, -0.25) is 9.59 Å². The van der Waals surface area contributed by atoms with Gasteiger partial charge in [-0.1, -0.05) is 54.9 Å². The van der Waals surface area contributed by atoms with Crippen molar-refractivity contribution in [3.8, 4) is 0 Å². The summed E-state index contributed by atoms with van der Waals surface area (Å²) in [4.78, 5) is 34.3. The van der Waals surface area contributed by atoms with Gasteiger partial charge < -0.3 is 14.8 Å². The maximum atomic E-state index is 13.9. The van der Waals surface area contributed by atoms with Crippen LogP contribution in [0.2, 0.25) is 5.02 Å². The van der Waals surface area contributed by atoms with E-state index in [9.17, 15) is 9.59 Å². The molecule has 2 aliphatic rings. The second-order valence-electron chi connectivity index (χ2n) is 8.80. The number of aromatic nitrogens is 1. The van der Waals surface area contributed by atoms with Gasteiger partial charge in [0.05, 0.1) is 5.69 Å². The Balaban J connectivity index is 1.78. The maximum absolute atomic E-state index is 13.9. The number of fused-ring (bicyclic) bond motifs is 5. The SMILES string of the molecule is CC[C@H](C)N1CC(=O)N2C[C@@H](c3ccccc3Cl)c3c([nH]c4ccccc34)[C@@]2(C)C1=O. The van der Waals surface area contributed by atoms with E-state index in [2.05, 4.69) is 11.1 Å². The topological polar surface area (TPSA) is 56.4 Å². The van der Waals surface area contributed by atoms with E-state index in [0.29, 0.717) is 11.6 Å². The second kappa shape index (κ2) is 7.13. The molecule has 1 fully saturated rings. The number of halogens is 1. The van der Waals surface area contributed by atoms with Crippen molar-refractivity contribution in [1.82, 2.24) is 14.8 Å². The fourth-order valence-electron chi connectivity index (χ4n) is 5.24.